The molecule has 0 amide bonds. The van der Waals surface area contributed by atoms with Crippen LogP contribution in [0.25, 0.3) is 10.8 Å². The minimum Gasteiger partial charge on any atom is -0.238 e. The van der Waals surface area contributed by atoms with Crippen LogP contribution in [0, 0.1) is 10.5 Å². The Balaban J connectivity index is 2.55. The third kappa shape index (κ3) is 2.41. The van der Waals surface area contributed by atoms with Crippen molar-refractivity contribution in [3.05, 3.63) is 25.0 Å². The highest BCUT2D eigenvalue weighted by Crippen LogP contribution is 2.27. The molecule has 0 atom stereocenters. The van der Waals surface area contributed by atoms with Gasteiger partial charge in [-0.15, -0.1) is 11.3 Å². The van der Waals surface area contributed by atoms with Crippen molar-refractivity contribution in [1.29, 1.82) is 0 Å². The molecule has 78 valence electrons. The van der Waals surface area contributed by atoms with E-state index in [0.717, 1.165) is 10.7 Å². The Morgan fingerprint density at radius 3 is 2.27 bits per heavy atom. The summed E-state index contributed by atoms with van der Waals surface area (Å²) in [6.45, 7) is 1.91. The van der Waals surface area contributed by atoms with Crippen molar-refractivity contribution in [3.63, 3.8) is 0 Å². The molecule has 2 rings (SSSR count). The van der Waals surface area contributed by atoms with Crippen LogP contribution in [-0.2, 0) is 0 Å². The van der Waals surface area contributed by atoms with Gasteiger partial charge in [0.25, 0.3) is 0 Å². The summed E-state index contributed by atoms with van der Waals surface area (Å²) in [5, 5.41) is 3.38. The summed E-state index contributed by atoms with van der Waals surface area (Å²) in [4.78, 5) is 12.5. The van der Waals surface area contributed by atoms with Gasteiger partial charge in [0, 0.05) is 11.1 Å². The third-order valence-corrected chi connectivity index (χ3v) is 4.74. The van der Waals surface area contributed by atoms with Gasteiger partial charge in [0.2, 0.25) is 0 Å². The highest BCUT2D eigenvalue weighted by molar-refractivity contribution is 14.1. The van der Waals surface area contributed by atoms with Gasteiger partial charge in [-0.2, -0.15) is 0 Å². The number of hydrogen-bond acceptors (Lipinski definition) is 4. The molecular weight excluding hydrogens is 368 g/mol. The second kappa shape index (κ2) is 4.48. The van der Waals surface area contributed by atoms with Gasteiger partial charge in [-0.25, -0.2) is 15.0 Å². The molecule has 0 bridgehead atoms. The van der Waals surface area contributed by atoms with Crippen molar-refractivity contribution in [2.45, 2.75) is 6.92 Å². The topological polar surface area (TPSA) is 38.7 Å². The van der Waals surface area contributed by atoms with Gasteiger partial charge in [0.15, 0.2) is 10.8 Å². The first-order valence-corrected chi connectivity index (χ1v) is 6.60. The minimum absolute atomic E-state index is 0.360. The van der Waals surface area contributed by atoms with E-state index in [2.05, 4.69) is 15.0 Å². The molecule has 0 radical (unpaired) electrons. The average Bonchev–Trinajstić information content (AvgIpc) is 2.60. The van der Waals surface area contributed by atoms with Crippen molar-refractivity contribution < 1.29 is 0 Å². The Morgan fingerprint density at radius 1 is 1.20 bits per heavy atom. The number of aryl methyl sites for hydroxylation is 1. The van der Waals surface area contributed by atoms with Crippen LogP contribution in [0.5, 0.6) is 0 Å². The molecule has 0 saturated heterocycles. The number of halogens is 3. The zero-order chi connectivity index (χ0) is 11.0. The maximum atomic E-state index is 5.91. The van der Waals surface area contributed by atoms with Crippen molar-refractivity contribution in [3.8, 4) is 10.8 Å². The molecule has 2 heterocycles. The molecule has 0 unspecified atom stereocenters. The van der Waals surface area contributed by atoms with Crippen LogP contribution in [0.1, 0.15) is 5.69 Å². The average molecular weight is 372 g/mol. The second-order valence-corrected chi connectivity index (χ2v) is 5.39. The van der Waals surface area contributed by atoms with E-state index < -0.39 is 0 Å². The molecule has 2 aromatic heterocycles. The fourth-order valence-corrected chi connectivity index (χ4v) is 2.30. The molecule has 0 aliphatic heterocycles. The van der Waals surface area contributed by atoms with E-state index in [9.17, 15) is 0 Å². The van der Waals surface area contributed by atoms with E-state index >= 15 is 0 Å². The standard InChI is InChI=1S/C8H4Cl2IN3S/c1-3-2-15-8(12-3)7-13-5(9)4(11)6(10)14-7/h2H,1H3. The van der Waals surface area contributed by atoms with E-state index in [1.807, 2.05) is 34.9 Å². The number of aromatic nitrogens is 3. The van der Waals surface area contributed by atoms with Gasteiger partial charge in [-0.05, 0) is 29.5 Å². The molecule has 2 aromatic rings. The lowest BCUT2D eigenvalue weighted by Crippen LogP contribution is -1.93. The summed E-state index contributed by atoms with van der Waals surface area (Å²) >= 11 is 15.3. The van der Waals surface area contributed by atoms with Gasteiger partial charge >= 0.3 is 0 Å². The van der Waals surface area contributed by atoms with Gasteiger partial charge in [0.1, 0.15) is 10.3 Å². The number of hydrogen-bond donors (Lipinski definition) is 0. The van der Waals surface area contributed by atoms with Crippen LogP contribution >= 0.6 is 57.1 Å². The monoisotopic (exact) mass is 371 g/mol. The molecule has 0 fully saturated rings. The zero-order valence-electron chi connectivity index (χ0n) is 7.46. The molecule has 0 aromatic carbocycles. The summed E-state index contributed by atoms with van der Waals surface area (Å²) in [7, 11) is 0. The van der Waals surface area contributed by atoms with Crippen molar-refractivity contribution in [1.82, 2.24) is 15.0 Å². The third-order valence-electron chi connectivity index (χ3n) is 1.58. The first kappa shape index (κ1) is 11.5. The largest absolute Gasteiger partial charge is 0.238 e. The molecule has 0 spiro atoms. The maximum Gasteiger partial charge on any atom is 0.191 e. The van der Waals surface area contributed by atoms with Gasteiger partial charge in [-0.1, -0.05) is 23.2 Å². The predicted molar refractivity (Wildman–Crippen MR) is 70.6 cm³/mol. The maximum absolute atomic E-state index is 5.91. The highest BCUT2D eigenvalue weighted by Gasteiger charge is 2.12. The van der Waals surface area contributed by atoms with Crippen LogP contribution in [0.4, 0.5) is 0 Å². The summed E-state index contributed by atoms with van der Waals surface area (Å²) in [5.74, 6) is 0.475. The summed E-state index contributed by atoms with van der Waals surface area (Å²) in [6.07, 6.45) is 0. The molecule has 0 aliphatic carbocycles. The van der Waals surface area contributed by atoms with Crippen LogP contribution < -0.4 is 0 Å². The van der Waals surface area contributed by atoms with Gasteiger partial charge < -0.3 is 0 Å². The van der Waals surface area contributed by atoms with Crippen molar-refractivity contribution in [2.24, 2.45) is 0 Å². The molecular formula is C8H4Cl2IN3S. The molecule has 0 aliphatic rings. The van der Waals surface area contributed by atoms with Crippen LogP contribution in [-0.4, -0.2) is 15.0 Å². The fourth-order valence-electron chi connectivity index (χ4n) is 0.947. The lowest BCUT2D eigenvalue weighted by atomic mass is 10.5. The van der Waals surface area contributed by atoms with E-state index in [-0.39, 0.29) is 0 Å². The zero-order valence-corrected chi connectivity index (χ0v) is 11.9. The van der Waals surface area contributed by atoms with Crippen molar-refractivity contribution >= 4 is 57.1 Å². The normalized spacial score (nSPS) is 10.7. The van der Waals surface area contributed by atoms with E-state index in [4.69, 9.17) is 23.2 Å². The number of thiazole rings is 1. The molecule has 0 saturated carbocycles. The SMILES string of the molecule is Cc1csc(-c2nc(Cl)c(I)c(Cl)n2)n1. The minimum atomic E-state index is 0.360. The molecule has 3 nitrogen and oxygen atoms in total. The van der Waals surface area contributed by atoms with Gasteiger partial charge in [-0.3, -0.25) is 0 Å². The summed E-state index contributed by atoms with van der Waals surface area (Å²) in [6, 6.07) is 0. The van der Waals surface area contributed by atoms with Gasteiger partial charge in [0.05, 0.1) is 3.57 Å². The van der Waals surface area contributed by atoms with Crippen LogP contribution in [0.3, 0.4) is 0 Å². The Kier molecular flexibility index (Phi) is 3.44. The number of nitrogens with zero attached hydrogens (tertiary/aromatic N) is 3. The molecule has 15 heavy (non-hydrogen) atoms. The first-order chi connectivity index (χ1) is 7.08. The highest BCUT2D eigenvalue weighted by atomic mass is 127. The quantitative estimate of drug-likeness (QED) is 0.565. The Labute approximate surface area is 114 Å². The Hall–Kier alpha value is 0.0200. The molecule has 7 heteroatoms. The smallest absolute Gasteiger partial charge is 0.191 e. The van der Waals surface area contributed by atoms with E-state index in [1.165, 1.54) is 11.3 Å². The van der Waals surface area contributed by atoms with Crippen LogP contribution in [0.15, 0.2) is 5.38 Å². The Bertz CT molecular complexity index is 491. The summed E-state index contributed by atoms with van der Waals surface area (Å²) in [5.41, 5.74) is 0.935. The van der Waals surface area contributed by atoms with Crippen LogP contribution in [0.2, 0.25) is 10.3 Å². The first-order valence-electron chi connectivity index (χ1n) is 3.89. The number of rotatable bonds is 1. The van der Waals surface area contributed by atoms with Crippen molar-refractivity contribution in [2.75, 3.05) is 0 Å². The fraction of sp³-hybridized carbons (Fsp3) is 0.125. The molecule has 0 N–H and O–H groups in total. The lowest BCUT2D eigenvalue weighted by molar-refractivity contribution is 1.13. The van der Waals surface area contributed by atoms with E-state index in [1.54, 1.807) is 0 Å². The second-order valence-electron chi connectivity index (χ2n) is 2.74. The van der Waals surface area contributed by atoms with E-state index in [0.29, 0.717) is 19.7 Å². The lowest BCUT2D eigenvalue weighted by Gasteiger charge is -2.00. The Morgan fingerprint density at radius 2 is 1.80 bits per heavy atom. The predicted octanol–water partition coefficient (Wildman–Crippen LogP) is 3.82. The summed E-state index contributed by atoms with van der Waals surface area (Å²) < 4.78 is 0.660.